The Morgan fingerprint density at radius 1 is 1.00 bits per heavy atom. The number of carbonyl (C=O) groups excluding carboxylic acids is 1. The zero-order valence-corrected chi connectivity index (χ0v) is 21.4. The number of anilines is 1. The maximum atomic E-state index is 12.7. The van der Waals surface area contributed by atoms with Crippen LogP contribution in [0, 0.1) is 5.92 Å². The lowest BCUT2D eigenvalue weighted by Gasteiger charge is -2.28. The van der Waals surface area contributed by atoms with Crippen LogP contribution in [0.15, 0.2) is 65.8 Å². The summed E-state index contributed by atoms with van der Waals surface area (Å²) in [6.07, 6.45) is 0.842. The number of nitrogens with one attached hydrogen (secondary N) is 1. The molecule has 3 aromatic rings. The number of carbonyl (C=O) groups is 1. The van der Waals surface area contributed by atoms with Gasteiger partial charge in [-0.05, 0) is 23.5 Å². The summed E-state index contributed by atoms with van der Waals surface area (Å²) in [7, 11) is 0. The summed E-state index contributed by atoms with van der Waals surface area (Å²) in [6.45, 7) is 8.82. The average Bonchev–Trinajstić information content (AvgIpc) is 3.28. The molecule has 0 radical (unpaired) electrons. The number of thioether (sulfide) groups is 1. The molecule has 0 aliphatic carbocycles. The van der Waals surface area contributed by atoms with Crippen molar-refractivity contribution in [2.75, 3.05) is 43.5 Å². The molecule has 8 heteroatoms. The van der Waals surface area contributed by atoms with Crippen LogP contribution in [-0.4, -0.2) is 59.3 Å². The minimum absolute atomic E-state index is 0.0156. The van der Waals surface area contributed by atoms with Gasteiger partial charge in [0.1, 0.15) is 0 Å². The van der Waals surface area contributed by atoms with Crippen molar-refractivity contribution in [2.45, 2.75) is 37.9 Å². The standard InChI is InChI=1S/C27H35N5O2S/c1-21(2)19-32-26(31-15-17-34-18-16-31)29-30-27(32)35-20-25(33)28-14-13-24(22-9-5-3-6-10-22)23-11-7-4-8-12-23/h3-12,21,24H,13-20H2,1-2H3,(H,28,33). The predicted molar refractivity (Wildman–Crippen MR) is 141 cm³/mol. The highest BCUT2D eigenvalue weighted by atomic mass is 32.2. The molecule has 0 unspecified atom stereocenters. The molecule has 1 amide bonds. The highest BCUT2D eigenvalue weighted by molar-refractivity contribution is 7.99. The van der Waals surface area contributed by atoms with Gasteiger partial charge in [0.15, 0.2) is 5.16 Å². The lowest BCUT2D eigenvalue weighted by molar-refractivity contribution is -0.118. The van der Waals surface area contributed by atoms with E-state index in [1.807, 2.05) is 12.1 Å². The van der Waals surface area contributed by atoms with E-state index in [9.17, 15) is 4.79 Å². The number of morpholine rings is 1. The fraction of sp³-hybridized carbons (Fsp3) is 0.444. The van der Waals surface area contributed by atoms with E-state index in [0.29, 0.717) is 31.4 Å². The Balaban J connectivity index is 1.34. The van der Waals surface area contributed by atoms with Gasteiger partial charge < -0.3 is 15.0 Å². The SMILES string of the molecule is CC(C)Cn1c(SCC(=O)NCCC(c2ccccc2)c2ccccc2)nnc1N1CCOCC1. The number of hydrogen-bond acceptors (Lipinski definition) is 6. The number of amides is 1. The molecule has 186 valence electrons. The van der Waals surface area contributed by atoms with Crippen LogP contribution in [0.3, 0.4) is 0 Å². The Bertz CT molecular complexity index is 1010. The van der Waals surface area contributed by atoms with Gasteiger partial charge in [-0.15, -0.1) is 10.2 Å². The summed E-state index contributed by atoms with van der Waals surface area (Å²) < 4.78 is 7.63. The first-order valence-electron chi connectivity index (χ1n) is 12.4. The van der Waals surface area contributed by atoms with Crippen molar-refractivity contribution >= 4 is 23.6 Å². The number of rotatable bonds is 11. The van der Waals surface area contributed by atoms with Gasteiger partial charge in [-0.2, -0.15) is 0 Å². The number of nitrogens with zero attached hydrogens (tertiary/aromatic N) is 4. The van der Waals surface area contributed by atoms with Crippen molar-refractivity contribution in [1.82, 2.24) is 20.1 Å². The second-order valence-electron chi connectivity index (χ2n) is 9.19. The highest BCUT2D eigenvalue weighted by Gasteiger charge is 2.22. The number of ether oxygens (including phenoxy) is 1. The molecule has 1 N–H and O–H groups in total. The van der Waals surface area contributed by atoms with Crippen LogP contribution in [0.1, 0.15) is 37.3 Å². The number of benzene rings is 2. The fourth-order valence-electron chi connectivity index (χ4n) is 4.34. The molecule has 7 nitrogen and oxygen atoms in total. The summed E-state index contributed by atoms with van der Waals surface area (Å²) in [5.74, 6) is 1.91. The third-order valence-corrected chi connectivity index (χ3v) is 7.00. The van der Waals surface area contributed by atoms with Gasteiger partial charge in [-0.3, -0.25) is 9.36 Å². The first-order valence-corrected chi connectivity index (χ1v) is 13.4. The molecule has 1 aromatic heterocycles. The van der Waals surface area contributed by atoms with Crippen LogP contribution >= 0.6 is 11.8 Å². The lowest BCUT2D eigenvalue weighted by atomic mass is 9.88. The summed E-state index contributed by atoms with van der Waals surface area (Å²) >= 11 is 1.45. The molecular weight excluding hydrogens is 458 g/mol. The topological polar surface area (TPSA) is 72.3 Å². The number of aromatic nitrogens is 3. The third-order valence-electron chi connectivity index (χ3n) is 6.03. The molecule has 0 spiro atoms. The Morgan fingerprint density at radius 3 is 2.23 bits per heavy atom. The van der Waals surface area contributed by atoms with Gasteiger partial charge in [0.25, 0.3) is 0 Å². The molecule has 2 heterocycles. The molecule has 1 aliphatic rings. The van der Waals surface area contributed by atoms with Crippen molar-refractivity contribution in [2.24, 2.45) is 5.92 Å². The van der Waals surface area contributed by atoms with Crippen LogP contribution in [0.25, 0.3) is 0 Å². The van der Waals surface area contributed by atoms with E-state index in [1.54, 1.807) is 0 Å². The average molecular weight is 494 g/mol. The van der Waals surface area contributed by atoms with E-state index in [0.717, 1.165) is 37.2 Å². The monoisotopic (exact) mass is 493 g/mol. The largest absolute Gasteiger partial charge is 0.378 e. The van der Waals surface area contributed by atoms with Gasteiger partial charge in [0, 0.05) is 32.1 Å². The minimum Gasteiger partial charge on any atom is -0.378 e. The molecule has 0 bridgehead atoms. The van der Waals surface area contributed by atoms with Crippen molar-refractivity contribution in [3.8, 4) is 0 Å². The Labute approximate surface area is 212 Å². The maximum absolute atomic E-state index is 12.7. The van der Waals surface area contributed by atoms with Crippen molar-refractivity contribution in [1.29, 1.82) is 0 Å². The smallest absolute Gasteiger partial charge is 0.230 e. The zero-order valence-electron chi connectivity index (χ0n) is 20.6. The lowest BCUT2D eigenvalue weighted by Crippen LogP contribution is -2.38. The van der Waals surface area contributed by atoms with E-state index in [-0.39, 0.29) is 11.8 Å². The van der Waals surface area contributed by atoms with Crippen LogP contribution in [-0.2, 0) is 16.1 Å². The second-order valence-corrected chi connectivity index (χ2v) is 10.1. The molecule has 4 rings (SSSR count). The Hall–Kier alpha value is -2.84. The fourth-order valence-corrected chi connectivity index (χ4v) is 5.12. The van der Waals surface area contributed by atoms with E-state index in [2.05, 4.69) is 87.4 Å². The first-order chi connectivity index (χ1) is 17.1. The van der Waals surface area contributed by atoms with E-state index < -0.39 is 0 Å². The molecule has 1 fully saturated rings. The van der Waals surface area contributed by atoms with Crippen LogP contribution in [0.5, 0.6) is 0 Å². The van der Waals surface area contributed by atoms with Gasteiger partial charge >= 0.3 is 0 Å². The summed E-state index contributed by atoms with van der Waals surface area (Å²) in [5, 5.41) is 12.8. The zero-order chi connectivity index (χ0) is 24.5. The third kappa shape index (κ3) is 7.08. The van der Waals surface area contributed by atoms with E-state index in [4.69, 9.17) is 4.74 Å². The van der Waals surface area contributed by atoms with Crippen molar-refractivity contribution in [3.63, 3.8) is 0 Å². The number of hydrogen-bond donors (Lipinski definition) is 1. The summed E-state index contributed by atoms with van der Waals surface area (Å²) in [6, 6.07) is 21.0. The minimum atomic E-state index is 0.0156. The Morgan fingerprint density at radius 2 is 1.63 bits per heavy atom. The molecule has 0 saturated carbocycles. The van der Waals surface area contributed by atoms with Crippen molar-refractivity contribution in [3.05, 3.63) is 71.8 Å². The second kappa shape index (κ2) is 12.7. The summed E-state index contributed by atoms with van der Waals surface area (Å²) in [4.78, 5) is 14.9. The first kappa shape index (κ1) is 25.3. The van der Waals surface area contributed by atoms with Gasteiger partial charge in [-0.1, -0.05) is 86.3 Å². The molecule has 35 heavy (non-hydrogen) atoms. The summed E-state index contributed by atoms with van der Waals surface area (Å²) in [5.41, 5.74) is 2.53. The van der Waals surface area contributed by atoms with Crippen LogP contribution in [0.2, 0.25) is 0 Å². The quantitative estimate of drug-likeness (QED) is 0.404. The highest BCUT2D eigenvalue weighted by Crippen LogP contribution is 2.28. The molecule has 1 aliphatic heterocycles. The van der Waals surface area contributed by atoms with Gasteiger partial charge in [0.05, 0.1) is 19.0 Å². The molecule has 0 atom stereocenters. The molecule has 1 saturated heterocycles. The van der Waals surface area contributed by atoms with Crippen molar-refractivity contribution < 1.29 is 9.53 Å². The predicted octanol–water partition coefficient (Wildman–Crippen LogP) is 4.20. The van der Waals surface area contributed by atoms with Gasteiger partial charge in [0.2, 0.25) is 11.9 Å². The van der Waals surface area contributed by atoms with E-state index in [1.165, 1.54) is 22.9 Å². The maximum Gasteiger partial charge on any atom is 0.230 e. The molecule has 2 aromatic carbocycles. The van der Waals surface area contributed by atoms with Gasteiger partial charge in [-0.25, -0.2) is 0 Å². The normalized spacial score (nSPS) is 14.0. The van der Waals surface area contributed by atoms with Crippen LogP contribution < -0.4 is 10.2 Å². The van der Waals surface area contributed by atoms with Crippen LogP contribution in [0.4, 0.5) is 5.95 Å². The molecular formula is C27H35N5O2S. The van der Waals surface area contributed by atoms with E-state index >= 15 is 0 Å². The Kier molecular flexibility index (Phi) is 9.20.